The van der Waals surface area contributed by atoms with Crippen LogP contribution in [0.2, 0.25) is 0 Å². The van der Waals surface area contributed by atoms with Crippen LogP contribution in [0.25, 0.3) is 0 Å². The minimum atomic E-state index is 0.453. The molecule has 0 atom stereocenters. The van der Waals surface area contributed by atoms with Crippen molar-refractivity contribution in [2.45, 2.75) is 58.8 Å². The fraction of sp³-hybridized carbons (Fsp3) is 0.737. The van der Waals surface area contributed by atoms with Crippen molar-refractivity contribution in [3.05, 3.63) is 23.4 Å². The Balaban J connectivity index is 1.96. The van der Waals surface area contributed by atoms with E-state index in [4.69, 9.17) is 9.72 Å². The lowest BCUT2D eigenvalue weighted by atomic mass is 9.92. The van der Waals surface area contributed by atoms with Crippen molar-refractivity contribution in [1.82, 2.24) is 9.88 Å². The van der Waals surface area contributed by atoms with Crippen molar-refractivity contribution in [1.29, 1.82) is 0 Å². The zero-order valence-corrected chi connectivity index (χ0v) is 14.9. The second-order valence-corrected chi connectivity index (χ2v) is 7.29. The second-order valence-electron chi connectivity index (χ2n) is 7.29. The Morgan fingerprint density at radius 3 is 2.41 bits per heavy atom. The molecule has 0 unspecified atom stereocenters. The molecule has 1 aliphatic rings. The Hall–Kier alpha value is -1.09. The summed E-state index contributed by atoms with van der Waals surface area (Å²) in [5, 5.41) is 0. The summed E-state index contributed by atoms with van der Waals surface area (Å²) in [7, 11) is 1.73. The number of aromatic nitrogens is 1. The molecule has 0 amide bonds. The molecule has 1 aromatic heterocycles. The van der Waals surface area contributed by atoms with E-state index in [9.17, 15) is 0 Å². The SMILES string of the molecule is COc1nc(C2CCN(CCC(C)C)CC2)ccc1C(C)C. The molecular formula is C19H32N2O. The van der Waals surface area contributed by atoms with Gasteiger partial charge in [-0.15, -0.1) is 0 Å². The molecule has 0 radical (unpaired) electrons. The number of rotatable bonds is 6. The van der Waals surface area contributed by atoms with E-state index in [2.05, 4.69) is 44.7 Å². The quantitative estimate of drug-likeness (QED) is 0.777. The van der Waals surface area contributed by atoms with Crippen molar-refractivity contribution in [3.63, 3.8) is 0 Å². The number of piperidine rings is 1. The first-order valence-corrected chi connectivity index (χ1v) is 8.78. The van der Waals surface area contributed by atoms with E-state index >= 15 is 0 Å². The number of methoxy groups -OCH3 is 1. The van der Waals surface area contributed by atoms with E-state index in [-0.39, 0.29) is 0 Å². The molecule has 0 saturated carbocycles. The largest absolute Gasteiger partial charge is 0.481 e. The fourth-order valence-electron chi connectivity index (χ4n) is 3.19. The van der Waals surface area contributed by atoms with E-state index < -0.39 is 0 Å². The van der Waals surface area contributed by atoms with Crippen molar-refractivity contribution >= 4 is 0 Å². The third-order valence-electron chi connectivity index (χ3n) is 4.76. The Bertz CT molecular complexity index is 463. The van der Waals surface area contributed by atoms with Gasteiger partial charge in [-0.2, -0.15) is 0 Å². The first-order valence-electron chi connectivity index (χ1n) is 8.78. The number of likely N-dealkylation sites (tertiary alicyclic amines) is 1. The van der Waals surface area contributed by atoms with Gasteiger partial charge in [-0.3, -0.25) is 0 Å². The minimum Gasteiger partial charge on any atom is -0.481 e. The third kappa shape index (κ3) is 4.45. The van der Waals surface area contributed by atoms with Gasteiger partial charge < -0.3 is 9.64 Å². The van der Waals surface area contributed by atoms with Gasteiger partial charge in [0, 0.05) is 17.2 Å². The number of nitrogens with zero attached hydrogens (tertiary/aromatic N) is 2. The first kappa shape index (κ1) is 17.3. The fourth-order valence-corrected chi connectivity index (χ4v) is 3.19. The highest BCUT2D eigenvalue weighted by atomic mass is 16.5. The number of hydrogen-bond donors (Lipinski definition) is 0. The van der Waals surface area contributed by atoms with Gasteiger partial charge in [0.25, 0.3) is 0 Å². The molecule has 124 valence electrons. The summed E-state index contributed by atoms with van der Waals surface area (Å²) in [5.74, 6) is 2.65. The molecule has 0 aliphatic carbocycles. The highest BCUT2D eigenvalue weighted by Crippen LogP contribution is 2.31. The number of hydrogen-bond acceptors (Lipinski definition) is 3. The van der Waals surface area contributed by atoms with Gasteiger partial charge in [0.1, 0.15) is 0 Å². The summed E-state index contributed by atoms with van der Waals surface area (Å²) in [6.45, 7) is 12.6. The monoisotopic (exact) mass is 304 g/mol. The molecule has 0 aromatic carbocycles. The normalized spacial score (nSPS) is 17.4. The summed E-state index contributed by atoms with van der Waals surface area (Å²) in [4.78, 5) is 7.40. The van der Waals surface area contributed by atoms with Gasteiger partial charge in [0.15, 0.2) is 0 Å². The van der Waals surface area contributed by atoms with E-state index in [1.165, 1.54) is 50.2 Å². The van der Waals surface area contributed by atoms with Gasteiger partial charge in [-0.1, -0.05) is 33.8 Å². The van der Waals surface area contributed by atoms with Crippen LogP contribution in [0.3, 0.4) is 0 Å². The average molecular weight is 304 g/mol. The van der Waals surface area contributed by atoms with Crippen molar-refractivity contribution < 1.29 is 4.74 Å². The van der Waals surface area contributed by atoms with Crippen LogP contribution in [-0.2, 0) is 0 Å². The lowest BCUT2D eigenvalue weighted by Gasteiger charge is -2.32. The molecule has 1 aliphatic heterocycles. The highest BCUT2D eigenvalue weighted by Gasteiger charge is 2.22. The maximum atomic E-state index is 5.50. The van der Waals surface area contributed by atoms with Crippen LogP contribution in [0.1, 0.15) is 70.1 Å². The lowest BCUT2D eigenvalue weighted by Crippen LogP contribution is -2.34. The van der Waals surface area contributed by atoms with Gasteiger partial charge in [-0.05, 0) is 56.8 Å². The maximum absolute atomic E-state index is 5.50. The summed E-state index contributed by atoms with van der Waals surface area (Å²) < 4.78 is 5.50. The van der Waals surface area contributed by atoms with Crippen molar-refractivity contribution in [2.24, 2.45) is 5.92 Å². The van der Waals surface area contributed by atoms with Crippen molar-refractivity contribution in [3.8, 4) is 5.88 Å². The molecule has 0 N–H and O–H groups in total. The van der Waals surface area contributed by atoms with E-state index in [1.807, 2.05) is 0 Å². The van der Waals surface area contributed by atoms with Crippen LogP contribution in [-0.4, -0.2) is 36.6 Å². The Morgan fingerprint density at radius 2 is 1.86 bits per heavy atom. The van der Waals surface area contributed by atoms with E-state index in [1.54, 1.807) is 7.11 Å². The Kier molecular flexibility index (Phi) is 6.25. The molecule has 22 heavy (non-hydrogen) atoms. The van der Waals surface area contributed by atoms with Crippen LogP contribution in [0.15, 0.2) is 12.1 Å². The van der Waals surface area contributed by atoms with E-state index in [0.717, 1.165) is 11.8 Å². The zero-order valence-electron chi connectivity index (χ0n) is 14.9. The van der Waals surface area contributed by atoms with Gasteiger partial charge in [0.2, 0.25) is 5.88 Å². The lowest BCUT2D eigenvalue weighted by molar-refractivity contribution is 0.200. The first-order chi connectivity index (χ1) is 10.5. The maximum Gasteiger partial charge on any atom is 0.216 e. The third-order valence-corrected chi connectivity index (χ3v) is 4.76. The van der Waals surface area contributed by atoms with Gasteiger partial charge in [0.05, 0.1) is 7.11 Å². The van der Waals surface area contributed by atoms with Crippen LogP contribution in [0, 0.1) is 5.92 Å². The Labute approximate surface area is 136 Å². The molecule has 2 heterocycles. The summed E-state index contributed by atoms with van der Waals surface area (Å²) in [6, 6.07) is 4.42. The van der Waals surface area contributed by atoms with Crippen LogP contribution in [0.5, 0.6) is 5.88 Å². The second kappa shape index (κ2) is 7.96. The molecule has 3 nitrogen and oxygen atoms in total. The smallest absolute Gasteiger partial charge is 0.216 e. The van der Waals surface area contributed by atoms with Crippen molar-refractivity contribution in [2.75, 3.05) is 26.7 Å². The van der Waals surface area contributed by atoms with Crippen LogP contribution >= 0.6 is 0 Å². The molecule has 0 bridgehead atoms. The Morgan fingerprint density at radius 1 is 1.18 bits per heavy atom. The zero-order chi connectivity index (χ0) is 16.1. The molecular weight excluding hydrogens is 272 g/mol. The molecule has 0 spiro atoms. The highest BCUT2D eigenvalue weighted by molar-refractivity contribution is 5.32. The predicted molar refractivity (Wildman–Crippen MR) is 92.7 cm³/mol. The molecule has 1 saturated heterocycles. The standard InChI is InChI=1S/C19H32N2O/c1-14(2)8-11-21-12-9-16(10-13-21)18-7-6-17(15(3)4)19(20-18)22-5/h6-7,14-16H,8-13H2,1-5H3. The number of ether oxygens (including phenoxy) is 1. The van der Waals surface area contributed by atoms with Crippen LogP contribution < -0.4 is 4.74 Å². The van der Waals surface area contributed by atoms with E-state index in [0.29, 0.717) is 11.8 Å². The minimum absolute atomic E-state index is 0.453. The summed E-state index contributed by atoms with van der Waals surface area (Å²) in [6.07, 6.45) is 3.74. The van der Waals surface area contributed by atoms with Gasteiger partial charge in [-0.25, -0.2) is 4.98 Å². The summed E-state index contributed by atoms with van der Waals surface area (Å²) >= 11 is 0. The van der Waals surface area contributed by atoms with Gasteiger partial charge >= 0.3 is 0 Å². The topological polar surface area (TPSA) is 25.4 Å². The average Bonchev–Trinajstić information content (AvgIpc) is 2.52. The molecule has 3 heteroatoms. The molecule has 1 fully saturated rings. The molecule has 1 aromatic rings. The van der Waals surface area contributed by atoms with Crippen LogP contribution in [0.4, 0.5) is 0 Å². The number of pyridine rings is 1. The summed E-state index contributed by atoms with van der Waals surface area (Å²) in [5.41, 5.74) is 2.42. The molecule has 2 rings (SSSR count). The predicted octanol–water partition coefficient (Wildman–Crippen LogP) is 4.44.